The van der Waals surface area contributed by atoms with Crippen LogP contribution >= 0.6 is 0 Å². The van der Waals surface area contributed by atoms with Gasteiger partial charge in [0.1, 0.15) is 11.5 Å². The Morgan fingerprint density at radius 1 is 0.971 bits per heavy atom. The van der Waals surface area contributed by atoms with E-state index in [2.05, 4.69) is 11.8 Å². The van der Waals surface area contributed by atoms with E-state index in [4.69, 9.17) is 19.4 Å². The normalized spacial score (nSPS) is 16.1. The fourth-order valence-corrected chi connectivity index (χ4v) is 4.65. The Kier molecular flexibility index (Phi) is 6.84. The van der Waals surface area contributed by atoms with Gasteiger partial charge in [0, 0.05) is 26.1 Å². The van der Waals surface area contributed by atoms with Gasteiger partial charge < -0.3 is 19.3 Å². The molecule has 7 heteroatoms. The lowest BCUT2D eigenvalue weighted by Crippen LogP contribution is -2.39. The van der Waals surface area contributed by atoms with Gasteiger partial charge in [-0.05, 0) is 48.6 Å². The Bertz CT molecular complexity index is 1160. The molecule has 2 aromatic carbocycles. The second-order valence-electron chi connectivity index (χ2n) is 9.43. The highest BCUT2D eigenvalue weighted by molar-refractivity contribution is 5.79. The van der Waals surface area contributed by atoms with Gasteiger partial charge in [-0.2, -0.15) is 4.98 Å². The monoisotopic (exact) mass is 472 g/mol. The zero-order valence-corrected chi connectivity index (χ0v) is 20.4. The number of benzene rings is 2. The number of para-hydroxylation sites is 1. The van der Waals surface area contributed by atoms with E-state index in [0.29, 0.717) is 31.8 Å². The van der Waals surface area contributed by atoms with E-state index in [0.717, 1.165) is 66.1 Å². The SMILES string of the molecule is COc1ccc(CC(=O)N2CCc3nc(N4CCC(C)CC4)nc(Oc4ccccc4)c3C2)cc1. The predicted molar refractivity (Wildman–Crippen MR) is 135 cm³/mol. The molecule has 2 aliphatic rings. The van der Waals surface area contributed by atoms with Gasteiger partial charge in [0.05, 0.1) is 31.3 Å². The second-order valence-corrected chi connectivity index (χ2v) is 9.43. The minimum absolute atomic E-state index is 0.0839. The summed E-state index contributed by atoms with van der Waals surface area (Å²) in [5, 5.41) is 0. The Labute approximate surface area is 206 Å². The number of aromatic nitrogens is 2. The van der Waals surface area contributed by atoms with E-state index in [-0.39, 0.29) is 5.91 Å². The smallest absolute Gasteiger partial charge is 0.229 e. The molecule has 0 saturated carbocycles. The molecule has 182 valence electrons. The molecule has 0 atom stereocenters. The van der Waals surface area contributed by atoms with E-state index >= 15 is 0 Å². The molecule has 0 unspecified atom stereocenters. The van der Waals surface area contributed by atoms with Gasteiger partial charge >= 0.3 is 0 Å². The third kappa shape index (κ3) is 5.39. The van der Waals surface area contributed by atoms with Crippen LogP contribution < -0.4 is 14.4 Å². The number of methoxy groups -OCH3 is 1. The summed E-state index contributed by atoms with van der Waals surface area (Å²) in [4.78, 5) is 27.1. The summed E-state index contributed by atoms with van der Waals surface area (Å²) in [5.41, 5.74) is 2.85. The van der Waals surface area contributed by atoms with Crippen LogP contribution in [0.4, 0.5) is 5.95 Å². The van der Waals surface area contributed by atoms with Crippen molar-refractivity contribution in [1.82, 2.24) is 14.9 Å². The van der Waals surface area contributed by atoms with Gasteiger partial charge in [-0.25, -0.2) is 4.98 Å². The molecular weight excluding hydrogens is 440 g/mol. The van der Waals surface area contributed by atoms with Crippen LogP contribution in [0.5, 0.6) is 17.4 Å². The van der Waals surface area contributed by atoms with Gasteiger partial charge in [-0.3, -0.25) is 4.79 Å². The van der Waals surface area contributed by atoms with Crippen LogP contribution in [0.3, 0.4) is 0 Å². The van der Waals surface area contributed by atoms with Crippen molar-refractivity contribution in [2.24, 2.45) is 5.92 Å². The van der Waals surface area contributed by atoms with Crippen molar-refractivity contribution in [2.75, 3.05) is 31.6 Å². The van der Waals surface area contributed by atoms with Crippen molar-refractivity contribution in [1.29, 1.82) is 0 Å². The largest absolute Gasteiger partial charge is 0.497 e. The second kappa shape index (κ2) is 10.3. The van der Waals surface area contributed by atoms with Gasteiger partial charge in [0.15, 0.2) is 0 Å². The molecule has 35 heavy (non-hydrogen) atoms. The number of fused-ring (bicyclic) bond motifs is 1. The quantitative estimate of drug-likeness (QED) is 0.521. The van der Waals surface area contributed by atoms with Gasteiger partial charge in [0.25, 0.3) is 0 Å². The average molecular weight is 473 g/mol. The zero-order valence-electron chi connectivity index (χ0n) is 20.4. The molecule has 7 nitrogen and oxygen atoms in total. The molecule has 5 rings (SSSR count). The molecule has 0 aliphatic carbocycles. The molecule has 3 heterocycles. The van der Waals surface area contributed by atoms with Crippen LogP contribution in [0.1, 0.15) is 36.6 Å². The molecule has 0 spiro atoms. The van der Waals surface area contributed by atoms with Gasteiger partial charge in [-0.1, -0.05) is 37.3 Å². The molecule has 1 amide bonds. The number of piperidine rings is 1. The summed E-state index contributed by atoms with van der Waals surface area (Å²) in [6.07, 6.45) is 3.32. The fraction of sp³-hybridized carbons (Fsp3) is 0.393. The number of hydrogen-bond donors (Lipinski definition) is 0. The standard InChI is InChI=1S/C28H32N4O3/c1-20-12-15-31(16-13-20)28-29-25-14-17-32(26(33)18-21-8-10-22(34-2)11-9-21)19-24(25)27(30-28)35-23-6-4-3-5-7-23/h3-11,20H,12-19H2,1-2H3. The van der Waals surface area contributed by atoms with Crippen molar-refractivity contribution in [2.45, 2.75) is 39.2 Å². The Morgan fingerprint density at radius 3 is 2.43 bits per heavy atom. The van der Waals surface area contributed by atoms with Crippen LogP contribution in [0.2, 0.25) is 0 Å². The molecule has 0 bridgehead atoms. The Balaban J connectivity index is 1.39. The fourth-order valence-electron chi connectivity index (χ4n) is 4.65. The maximum Gasteiger partial charge on any atom is 0.229 e. The first-order valence-corrected chi connectivity index (χ1v) is 12.4. The minimum Gasteiger partial charge on any atom is -0.497 e. The summed E-state index contributed by atoms with van der Waals surface area (Å²) in [7, 11) is 1.64. The summed E-state index contributed by atoms with van der Waals surface area (Å²) >= 11 is 0. The Morgan fingerprint density at radius 2 is 1.71 bits per heavy atom. The van der Waals surface area contributed by atoms with Crippen molar-refractivity contribution in [3.8, 4) is 17.4 Å². The van der Waals surface area contributed by atoms with Crippen LogP contribution in [-0.2, 0) is 24.2 Å². The average Bonchev–Trinajstić information content (AvgIpc) is 2.90. The third-order valence-corrected chi connectivity index (χ3v) is 6.90. The van der Waals surface area contributed by atoms with E-state index in [1.165, 1.54) is 0 Å². The zero-order chi connectivity index (χ0) is 24.2. The highest BCUT2D eigenvalue weighted by Gasteiger charge is 2.28. The number of carbonyl (C=O) groups excluding carboxylic acids is 1. The van der Waals surface area contributed by atoms with Crippen molar-refractivity contribution < 1.29 is 14.3 Å². The number of ether oxygens (including phenoxy) is 2. The van der Waals surface area contributed by atoms with Crippen molar-refractivity contribution in [3.63, 3.8) is 0 Å². The molecule has 2 aliphatic heterocycles. The number of amides is 1. The molecule has 3 aromatic rings. The maximum atomic E-state index is 13.2. The molecule has 0 radical (unpaired) electrons. The van der Waals surface area contributed by atoms with Crippen LogP contribution in [0, 0.1) is 5.92 Å². The summed E-state index contributed by atoms with van der Waals surface area (Å²) < 4.78 is 11.5. The van der Waals surface area contributed by atoms with E-state index in [1.54, 1.807) is 7.11 Å². The van der Waals surface area contributed by atoms with E-state index in [1.807, 2.05) is 59.5 Å². The van der Waals surface area contributed by atoms with Gasteiger partial charge in [-0.15, -0.1) is 0 Å². The summed E-state index contributed by atoms with van der Waals surface area (Å²) in [5.74, 6) is 3.62. The first-order chi connectivity index (χ1) is 17.1. The number of nitrogens with zero attached hydrogens (tertiary/aromatic N) is 4. The van der Waals surface area contributed by atoms with E-state index < -0.39 is 0 Å². The molecule has 1 saturated heterocycles. The Hall–Kier alpha value is -3.61. The lowest BCUT2D eigenvalue weighted by molar-refractivity contribution is -0.131. The number of rotatable bonds is 6. The van der Waals surface area contributed by atoms with Gasteiger partial charge in [0.2, 0.25) is 17.7 Å². The first-order valence-electron chi connectivity index (χ1n) is 12.4. The molecule has 1 fully saturated rings. The topological polar surface area (TPSA) is 67.8 Å². The third-order valence-electron chi connectivity index (χ3n) is 6.90. The minimum atomic E-state index is 0.0839. The highest BCUT2D eigenvalue weighted by Crippen LogP contribution is 2.32. The highest BCUT2D eigenvalue weighted by atomic mass is 16.5. The lowest BCUT2D eigenvalue weighted by atomic mass is 9.99. The van der Waals surface area contributed by atoms with E-state index in [9.17, 15) is 4.79 Å². The van der Waals surface area contributed by atoms with Crippen molar-refractivity contribution >= 4 is 11.9 Å². The van der Waals surface area contributed by atoms with Crippen LogP contribution in [0.15, 0.2) is 54.6 Å². The number of anilines is 1. The number of carbonyl (C=O) groups is 1. The molecular formula is C28H32N4O3. The van der Waals surface area contributed by atoms with Crippen LogP contribution in [-0.4, -0.2) is 47.5 Å². The maximum absolute atomic E-state index is 13.2. The van der Waals surface area contributed by atoms with Crippen LogP contribution in [0.25, 0.3) is 0 Å². The number of hydrogen-bond acceptors (Lipinski definition) is 6. The lowest BCUT2D eigenvalue weighted by Gasteiger charge is -2.33. The first kappa shape index (κ1) is 23.1. The van der Waals surface area contributed by atoms with Crippen molar-refractivity contribution in [3.05, 3.63) is 71.4 Å². The summed E-state index contributed by atoms with van der Waals surface area (Å²) in [6.45, 7) is 5.30. The molecule has 0 N–H and O–H groups in total. The summed E-state index contributed by atoms with van der Waals surface area (Å²) in [6, 6.07) is 17.3. The predicted octanol–water partition coefficient (Wildman–Crippen LogP) is 4.64. The molecule has 1 aromatic heterocycles.